The van der Waals surface area contributed by atoms with Crippen molar-refractivity contribution in [3.05, 3.63) is 28.8 Å². The molecule has 102 valence electrons. The van der Waals surface area contributed by atoms with Gasteiger partial charge in [0.2, 0.25) is 0 Å². The van der Waals surface area contributed by atoms with Gasteiger partial charge in [-0.05, 0) is 37.5 Å². The van der Waals surface area contributed by atoms with E-state index < -0.39 is 0 Å². The number of benzene rings is 1. The van der Waals surface area contributed by atoms with Crippen LogP contribution in [0.4, 0.5) is 0 Å². The molecule has 1 atom stereocenters. The number of unbranched alkanes of at least 4 members (excludes halogenated alkanes) is 3. The van der Waals surface area contributed by atoms with Gasteiger partial charge in [-0.25, -0.2) is 0 Å². The third-order valence-corrected chi connectivity index (χ3v) is 3.40. The van der Waals surface area contributed by atoms with Crippen LogP contribution in [0, 0.1) is 0 Å². The van der Waals surface area contributed by atoms with Gasteiger partial charge in [-0.15, -0.1) is 0 Å². The molecule has 0 radical (unpaired) electrons. The second kappa shape index (κ2) is 8.39. The van der Waals surface area contributed by atoms with Crippen molar-refractivity contribution in [1.29, 1.82) is 0 Å². The van der Waals surface area contributed by atoms with Crippen molar-refractivity contribution in [2.45, 2.75) is 58.6 Å². The Bertz CT molecular complexity index is 354. The summed E-state index contributed by atoms with van der Waals surface area (Å²) >= 11 is 6.10. The first kappa shape index (κ1) is 15.3. The molecule has 1 unspecified atom stereocenters. The van der Waals surface area contributed by atoms with Gasteiger partial charge in [0, 0.05) is 11.6 Å². The Balaban J connectivity index is 2.39. The monoisotopic (exact) mass is 269 g/mol. The highest BCUT2D eigenvalue weighted by Crippen LogP contribution is 2.23. The summed E-state index contributed by atoms with van der Waals surface area (Å²) in [4.78, 5) is 0. The average Bonchev–Trinajstić information content (AvgIpc) is 2.35. The average molecular weight is 270 g/mol. The molecule has 0 amide bonds. The third-order valence-electron chi connectivity index (χ3n) is 3.05. The number of hydrogen-bond acceptors (Lipinski definition) is 2. The summed E-state index contributed by atoms with van der Waals surface area (Å²) in [7, 11) is 0. The van der Waals surface area contributed by atoms with Crippen LogP contribution in [0.5, 0.6) is 5.75 Å². The summed E-state index contributed by atoms with van der Waals surface area (Å²) in [6.45, 7) is 4.79. The molecule has 2 N–H and O–H groups in total. The lowest BCUT2D eigenvalue weighted by Gasteiger charge is -2.15. The topological polar surface area (TPSA) is 35.2 Å². The van der Waals surface area contributed by atoms with Crippen LogP contribution in [0.1, 0.15) is 51.5 Å². The largest absolute Gasteiger partial charge is 0.491 e. The van der Waals surface area contributed by atoms with Gasteiger partial charge in [0.1, 0.15) is 5.75 Å². The van der Waals surface area contributed by atoms with Crippen LogP contribution in [0.3, 0.4) is 0 Å². The van der Waals surface area contributed by atoms with Crippen LogP contribution < -0.4 is 10.5 Å². The van der Waals surface area contributed by atoms with E-state index in [-0.39, 0.29) is 6.10 Å². The molecule has 0 saturated carbocycles. The van der Waals surface area contributed by atoms with Crippen LogP contribution in [-0.2, 0) is 6.54 Å². The molecule has 0 aliphatic rings. The summed E-state index contributed by atoms with van der Waals surface area (Å²) < 4.78 is 5.85. The molecule has 1 rings (SSSR count). The Kier molecular flexibility index (Phi) is 7.14. The van der Waals surface area contributed by atoms with Gasteiger partial charge in [0.05, 0.1) is 6.10 Å². The molecule has 0 fully saturated rings. The maximum atomic E-state index is 6.10. The first-order valence-electron chi connectivity index (χ1n) is 6.82. The molecular formula is C15H24ClNO. The molecule has 0 aromatic heterocycles. The molecule has 0 aliphatic heterocycles. The Hall–Kier alpha value is -0.730. The minimum atomic E-state index is 0.238. The van der Waals surface area contributed by atoms with E-state index in [0.717, 1.165) is 17.7 Å². The Morgan fingerprint density at radius 2 is 2.06 bits per heavy atom. The minimum absolute atomic E-state index is 0.238. The van der Waals surface area contributed by atoms with Crippen LogP contribution in [0.25, 0.3) is 0 Å². The van der Waals surface area contributed by atoms with Crippen molar-refractivity contribution < 1.29 is 4.74 Å². The summed E-state index contributed by atoms with van der Waals surface area (Å²) in [6, 6.07) is 5.73. The zero-order chi connectivity index (χ0) is 13.4. The van der Waals surface area contributed by atoms with Crippen LogP contribution in [0.15, 0.2) is 18.2 Å². The standard InChI is InChI=1S/C15H24ClNO/c1-3-4-5-6-7-12(2)18-14-9-8-13(11-17)15(16)10-14/h8-10,12H,3-7,11,17H2,1-2H3. The van der Waals surface area contributed by atoms with Crippen LogP contribution in [-0.4, -0.2) is 6.10 Å². The normalized spacial score (nSPS) is 12.4. The molecule has 0 heterocycles. The lowest BCUT2D eigenvalue weighted by atomic mass is 10.1. The molecule has 2 nitrogen and oxygen atoms in total. The number of hydrogen-bond donors (Lipinski definition) is 1. The van der Waals surface area contributed by atoms with Gasteiger partial charge in [0.15, 0.2) is 0 Å². The van der Waals surface area contributed by atoms with Crippen molar-refractivity contribution in [3.8, 4) is 5.75 Å². The van der Waals surface area contributed by atoms with E-state index in [1.165, 1.54) is 25.7 Å². The molecule has 0 saturated heterocycles. The Labute approximate surface area is 115 Å². The molecule has 1 aromatic carbocycles. The van der Waals surface area contributed by atoms with Crippen molar-refractivity contribution >= 4 is 11.6 Å². The highest BCUT2D eigenvalue weighted by atomic mass is 35.5. The molecule has 3 heteroatoms. The van der Waals surface area contributed by atoms with Gasteiger partial charge in [-0.2, -0.15) is 0 Å². The molecule has 1 aromatic rings. The Morgan fingerprint density at radius 1 is 1.28 bits per heavy atom. The van der Waals surface area contributed by atoms with Crippen LogP contribution in [0.2, 0.25) is 5.02 Å². The molecule has 18 heavy (non-hydrogen) atoms. The predicted molar refractivity (Wildman–Crippen MR) is 78.2 cm³/mol. The van der Waals surface area contributed by atoms with Crippen molar-refractivity contribution in [1.82, 2.24) is 0 Å². The van der Waals surface area contributed by atoms with Gasteiger partial charge in [0.25, 0.3) is 0 Å². The second-order valence-electron chi connectivity index (χ2n) is 4.74. The molecule has 0 aliphatic carbocycles. The molecule has 0 spiro atoms. The molecular weight excluding hydrogens is 246 g/mol. The van der Waals surface area contributed by atoms with E-state index in [9.17, 15) is 0 Å². The van der Waals surface area contributed by atoms with E-state index in [1.54, 1.807) is 0 Å². The fourth-order valence-corrected chi connectivity index (χ4v) is 2.16. The zero-order valence-corrected chi connectivity index (χ0v) is 12.2. The van der Waals surface area contributed by atoms with Crippen molar-refractivity contribution in [2.24, 2.45) is 5.73 Å². The number of ether oxygens (including phenoxy) is 1. The van der Waals surface area contributed by atoms with E-state index >= 15 is 0 Å². The lowest BCUT2D eigenvalue weighted by molar-refractivity contribution is 0.206. The van der Waals surface area contributed by atoms with Gasteiger partial charge < -0.3 is 10.5 Å². The number of rotatable bonds is 8. The summed E-state index contributed by atoms with van der Waals surface area (Å²) in [5.74, 6) is 0.834. The van der Waals surface area contributed by atoms with Gasteiger partial charge in [-0.3, -0.25) is 0 Å². The van der Waals surface area contributed by atoms with E-state index in [2.05, 4.69) is 13.8 Å². The second-order valence-corrected chi connectivity index (χ2v) is 5.14. The van der Waals surface area contributed by atoms with E-state index in [4.69, 9.17) is 22.1 Å². The van der Waals surface area contributed by atoms with Gasteiger partial charge >= 0.3 is 0 Å². The lowest BCUT2D eigenvalue weighted by Crippen LogP contribution is -2.11. The maximum absolute atomic E-state index is 6.10. The quantitative estimate of drug-likeness (QED) is 0.704. The highest BCUT2D eigenvalue weighted by Gasteiger charge is 2.06. The molecule has 0 bridgehead atoms. The summed E-state index contributed by atoms with van der Waals surface area (Å²) in [5, 5.41) is 0.688. The Morgan fingerprint density at radius 3 is 2.67 bits per heavy atom. The predicted octanol–water partition coefficient (Wildman–Crippen LogP) is 4.54. The van der Waals surface area contributed by atoms with Gasteiger partial charge in [-0.1, -0.05) is 43.9 Å². The zero-order valence-electron chi connectivity index (χ0n) is 11.4. The van der Waals surface area contributed by atoms with Crippen molar-refractivity contribution in [2.75, 3.05) is 0 Å². The summed E-state index contributed by atoms with van der Waals surface area (Å²) in [6.07, 6.45) is 6.42. The number of nitrogens with two attached hydrogens (primary N) is 1. The first-order valence-corrected chi connectivity index (χ1v) is 7.20. The smallest absolute Gasteiger partial charge is 0.121 e. The van der Waals surface area contributed by atoms with E-state index in [0.29, 0.717) is 11.6 Å². The maximum Gasteiger partial charge on any atom is 0.121 e. The first-order chi connectivity index (χ1) is 8.67. The van der Waals surface area contributed by atoms with Crippen LogP contribution >= 0.6 is 11.6 Å². The van der Waals surface area contributed by atoms with E-state index in [1.807, 2.05) is 18.2 Å². The SMILES string of the molecule is CCCCCCC(C)Oc1ccc(CN)c(Cl)c1. The third kappa shape index (κ3) is 5.28. The summed E-state index contributed by atoms with van der Waals surface area (Å²) in [5.41, 5.74) is 6.53. The fourth-order valence-electron chi connectivity index (χ4n) is 1.92. The number of halogens is 1. The van der Waals surface area contributed by atoms with Crippen molar-refractivity contribution in [3.63, 3.8) is 0 Å². The highest BCUT2D eigenvalue weighted by molar-refractivity contribution is 6.31. The minimum Gasteiger partial charge on any atom is -0.491 e. The fraction of sp³-hybridized carbons (Fsp3) is 0.600.